The van der Waals surface area contributed by atoms with Crippen LogP contribution in [0.1, 0.15) is 25.3 Å². The van der Waals surface area contributed by atoms with Gasteiger partial charge in [0.1, 0.15) is 6.04 Å². The fourth-order valence-corrected chi connectivity index (χ4v) is 2.98. The molecule has 1 aromatic heterocycles. The summed E-state index contributed by atoms with van der Waals surface area (Å²) < 4.78 is 0. The van der Waals surface area contributed by atoms with E-state index in [0.29, 0.717) is 25.9 Å². The van der Waals surface area contributed by atoms with E-state index in [0.717, 1.165) is 5.56 Å². The molecule has 1 saturated heterocycles. The Morgan fingerprint density at radius 2 is 2.47 bits per heavy atom. The number of carboxylic acids is 1. The summed E-state index contributed by atoms with van der Waals surface area (Å²) in [7, 11) is 0. The number of carbonyl (C=O) groups is 1. The SMILES string of the molecule is C[C@]1(O)CC[C@@H](C(=O)O)N(Cc2ccsc2)C1. The van der Waals surface area contributed by atoms with Crippen LogP contribution in [0.2, 0.25) is 0 Å². The minimum atomic E-state index is -0.796. The predicted molar refractivity (Wildman–Crippen MR) is 66.0 cm³/mol. The zero-order valence-corrected chi connectivity index (χ0v) is 10.6. The Balaban J connectivity index is 2.11. The predicted octanol–water partition coefficient (Wildman–Crippen LogP) is 1.55. The van der Waals surface area contributed by atoms with Crippen LogP contribution in [0.5, 0.6) is 0 Å². The van der Waals surface area contributed by atoms with Crippen molar-refractivity contribution >= 4 is 17.3 Å². The van der Waals surface area contributed by atoms with Crippen LogP contribution in [0.4, 0.5) is 0 Å². The van der Waals surface area contributed by atoms with Crippen molar-refractivity contribution in [1.82, 2.24) is 4.90 Å². The zero-order valence-electron chi connectivity index (χ0n) is 9.80. The van der Waals surface area contributed by atoms with Gasteiger partial charge in [-0.25, -0.2) is 0 Å². The molecule has 0 aliphatic carbocycles. The van der Waals surface area contributed by atoms with E-state index in [1.807, 2.05) is 21.7 Å². The van der Waals surface area contributed by atoms with E-state index in [1.165, 1.54) is 0 Å². The summed E-state index contributed by atoms with van der Waals surface area (Å²) in [4.78, 5) is 13.0. The van der Waals surface area contributed by atoms with Crippen molar-refractivity contribution in [3.63, 3.8) is 0 Å². The number of piperidine rings is 1. The number of hydrogen-bond acceptors (Lipinski definition) is 4. The third kappa shape index (κ3) is 3.06. The van der Waals surface area contributed by atoms with Crippen molar-refractivity contribution in [1.29, 1.82) is 0 Å². The van der Waals surface area contributed by atoms with Crippen molar-refractivity contribution in [2.24, 2.45) is 0 Å². The fourth-order valence-electron chi connectivity index (χ4n) is 2.32. The summed E-state index contributed by atoms with van der Waals surface area (Å²) in [6.07, 6.45) is 1.05. The molecule has 0 unspecified atom stereocenters. The second-order valence-electron chi connectivity index (χ2n) is 4.93. The number of aliphatic hydroxyl groups is 1. The molecule has 2 heterocycles. The number of thiophene rings is 1. The number of β-amino-alcohol motifs (C(OH)–C–C–N with tert-alkyl or cyclic N) is 1. The second kappa shape index (κ2) is 4.76. The first-order valence-electron chi connectivity index (χ1n) is 5.68. The highest BCUT2D eigenvalue weighted by atomic mass is 32.1. The van der Waals surface area contributed by atoms with E-state index in [-0.39, 0.29) is 0 Å². The molecule has 2 N–H and O–H groups in total. The average Bonchev–Trinajstić information content (AvgIpc) is 2.68. The number of rotatable bonds is 3. The summed E-state index contributed by atoms with van der Waals surface area (Å²) in [5.41, 5.74) is 0.334. The van der Waals surface area contributed by atoms with Crippen LogP contribution in [-0.4, -0.2) is 39.3 Å². The molecular formula is C12H17NO3S. The highest BCUT2D eigenvalue weighted by molar-refractivity contribution is 7.07. The van der Waals surface area contributed by atoms with Gasteiger partial charge in [0.05, 0.1) is 5.60 Å². The van der Waals surface area contributed by atoms with Gasteiger partial charge in [0, 0.05) is 13.1 Å². The molecule has 1 fully saturated rings. The first kappa shape index (κ1) is 12.5. The lowest BCUT2D eigenvalue weighted by atomic mass is 9.90. The number of carboxylic acid groups (broad SMARTS) is 1. The molecule has 5 heteroatoms. The molecular weight excluding hydrogens is 238 g/mol. The molecule has 0 radical (unpaired) electrons. The molecule has 0 amide bonds. The van der Waals surface area contributed by atoms with Crippen LogP contribution in [0.3, 0.4) is 0 Å². The van der Waals surface area contributed by atoms with Gasteiger partial charge in [-0.3, -0.25) is 9.69 Å². The average molecular weight is 255 g/mol. The summed E-state index contributed by atoms with van der Waals surface area (Å²) in [6, 6.07) is 1.52. The van der Waals surface area contributed by atoms with Gasteiger partial charge in [-0.1, -0.05) is 0 Å². The number of aliphatic carboxylic acids is 1. The molecule has 94 valence electrons. The molecule has 0 aromatic carbocycles. The van der Waals surface area contributed by atoms with Gasteiger partial charge in [-0.05, 0) is 42.2 Å². The van der Waals surface area contributed by atoms with Crippen LogP contribution in [0.15, 0.2) is 16.8 Å². The lowest BCUT2D eigenvalue weighted by Gasteiger charge is -2.40. The van der Waals surface area contributed by atoms with Crippen LogP contribution < -0.4 is 0 Å². The van der Waals surface area contributed by atoms with Crippen LogP contribution in [-0.2, 0) is 11.3 Å². The third-order valence-electron chi connectivity index (χ3n) is 3.19. The molecule has 0 bridgehead atoms. The first-order chi connectivity index (χ1) is 7.98. The van der Waals surface area contributed by atoms with E-state index in [1.54, 1.807) is 18.3 Å². The number of nitrogens with zero attached hydrogens (tertiary/aromatic N) is 1. The Morgan fingerprint density at radius 1 is 1.71 bits per heavy atom. The second-order valence-corrected chi connectivity index (χ2v) is 5.71. The Bertz CT molecular complexity index is 388. The minimum absolute atomic E-state index is 0.416. The van der Waals surface area contributed by atoms with Crippen LogP contribution >= 0.6 is 11.3 Å². The Hall–Kier alpha value is -0.910. The highest BCUT2D eigenvalue weighted by Crippen LogP contribution is 2.27. The lowest BCUT2D eigenvalue weighted by molar-refractivity contribution is -0.149. The normalized spacial score (nSPS) is 30.4. The summed E-state index contributed by atoms with van der Waals surface area (Å²) in [6.45, 7) is 2.78. The molecule has 2 atom stereocenters. The highest BCUT2D eigenvalue weighted by Gasteiger charge is 2.37. The van der Waals surface area contributed by atoms with E-state index < -0.39 is 17.6 Å². The van der Waals surface area contributed by atoms with Gasteiger partial charge in [0.25, 0.3) is 0 Å². The molecule has 1 aliphatic heterocycles. The standard InChI is InChI=1S/C12H17NO3S/c1-12(16)4-2-10(11(14)15)13(8-12)6-9-3-5-17-7-9/h3,5,7,10,16H,2,4,6,8H2,1H3,(H,14,15)/t10-,12-/m0/s1. The zero-order chi connectivity index (χ0) is 12.5. The van der Waals surface area contributed by atoms with Crippen molar-refractivity contribution < 1.29 is 15.0 Å². The fraction of sp³-hybridized carbons (Fsp3) is 0.583. The maximum atomic E-state index is 11.2. The van der Waals surface area contributed by atoms with E-state index >= 15 is 0 Å². The largest absolute Gasteiger partial charge is 0.480 e. The van der Waals surface area contributed by atoms with Crippen LogP contribution in [0.25, 0.3) is 0 Å². The third-order valence-corrected chi connectivity index (χ3v) is 3.92. The van der Waals surface area contributed by atoms with Gasteiger partial charge < -0.3 is 10.2 Å². The number of hydrogen-bond donors (Lipinski definition) is 2. The van der Waals surface area contributed by atoms with Crippen molar-refractivity contribution in [2.75, 3.05) is 6.54 Å². The van der Waals surface area contributed by atoms with Crippen molar-refractivity contribution in [2.45, 2.75) is 38.0 Å². The maximum absolute atomic E-state index is 11.2. The summed E-state index contributed by atoms with van der Waals surface area (Å²) in [5, 5.41) is 23.2. The molecule has 0 spiro atoms. The van der Waals surface area contributed by atoms with Crippen LogP contribution in [0, 0.1) is 0 Å². The molecule has 1 aromatic rings. The van der Waals surface area contributed by atoms with Gasteiger partial charge in [-0.2, -0.15) is 11.3 Å². The van der Waals surface area contributed by atoms with E-state index in [2.05, 4.69) is 0 Å². The molecule has 4 nitrogen and oxygen atoms in total. The summed E-state index contributed by atoms with van der Waals surface area (Å²) >= 11 is 1.60. The van der Waals surface area contributed by atoms with E-state index in [9.17, 15) is 15.0 Å². The molecule has 17 heavy (non-hydrogen) atoms. The Morgan fingerprint density at radius 3 is 3.06 bits per heavy atom. The first-order valence-corrected chi connectivity index (χ1v) is 6.62. The molecule has 0 saturated carbocycles. The van der Waals surface area contributed by atoms with Gasteiger partial charge >= 0.3 is 5.97 Å². The Labute approximate surface area is 104 Å². The number of likely N-dealkylation sites (tertiary alicyclic amines) is 1. The maximum Gasteiger partial charge on any atom is 0.320 e. The molecule has 2 rings (SSSR count). The van der Waals surface area contributed by atoms with Gasteiger partial charge in [0.2, 0.25) is 0 Å². The van der Waals surface area contributed by atoms with Gasteiger partial charge in [0.15, 0.2) is 0 Å². The topological polar surface area (TPSA) is 60.8 Å². The van der Waals surface area contributed by atoms with Gasteiger partial charge in [-0.15, -0.1) is 0 Å². The van der Waals surface area contributed by atoms with Crippen molar-refractivity contribution in [3.8, 4) is 0 Å². The van der Waals surface area contributed by atoms with E-state index in [4.69, 9.17) is 0 Å². The monoisotopic (exact) mass is 255 g/mol. The minimum Gasteiger partial charge on any atom is -0.480 e. The summed E-state index contributed by atoms with van der Waals surface area (Å²) in [5.74, 6) is -0.796. The Kier molecular flexibility index (Phi) is 3.51. The quantitative estimate of drug-likeness (QED) is 0.860. The van der Waals surface area contributed by atoms with Crippen molar-refractivity contribution in [3.05, 3.63) is 22.4 Å². The molecule has 1 aliphatic rings. The lowest BCUT2D eigenvalue weighted by Crippen LogP contribution is -2.53. The smallest absolute Gasteiger partial charge is 0.320 e.